The number of hydrogen-bond acceptors (Lipinski definition) is 4. The summed E-state index contributed by atoms with van der Waals surface area (Å²) in [6.07, 6.45) is 16.0. The highest BCUT2D eigenvalue weighted by Gasteiger charge is 2.17. The van der Waals surface area contributed by atoms with E-state index >= 15 is 0 Å². The van der Waals surface area contributed by atoms with Crippen molar-refractivity contribution in [1.82, 2.24) is 9.97 Å². The molecule has 0 unspecified atom stereocenters. The summed E-state index contributed by atoms with van der Waals surface area (Å²) in [6.45, 7) is 10.6. The van der Waals surface area contributed by atoms with E-state index in [9.17, 15) is 0 Å². The van der Waals surface area contributed by atoms with Crippen molar-refractivity contribution >= 4 is 0 Å². The molecule has 1 aromatic heterocycles. The van der Waals surface area contributed by atoms with Gasteiger partial charge in [-0.2, -0.15) is 0 Å². The number of ether oxygens (including phenoxy) is 2. The van der Waals surface area contributed by atoms with Crippen LogP contribution in [-0.2, 0) is 0 Å². The number of benzene rings is 1. The lowest BCUT2D eigenvalue weighted by Gasteiger charge is -2.24. The zero-order valence-electron chi connectivity index (χ0n) is 20.2. The van der Waals surface area contributed by atoms with Crippen LogP contribution < -0.4 is 9.47 Å². The lowest BCUT2D eigenvalue weighted by atomic mass is 9.84. The molecular weight excluding hydrogens is 384 g/mol. The zero-order valence-corrected chi connectivity index (χ0v) is 20.2. The van der Waals surface area contributed by atoms with E-state index in [-0.39, 0.29) is 0 Å². The Morgan fingerprint density at radius 2 is 1.29 bits per heavy atom. The first kappa shape index (κ1) is 25.2. The van der Waals surface area contributed by atoms with Crippen LogP contribution >= 0.6 is 0 Å². The van der Waals surface area contributed by atoms with Gasteiger partial charge >= 0.3 is 0 Å². The summed E-state index contributed by atoms with van der Waals surface area (Å²) in [6, 6.07) is 8.03. The van der Waals surface area contributed by atoms with Crippen molar-refractivity contribution in [1.29, 1.82) is 0 Å². The first-order valence-electron chi connectivity index (χ1n) is 12.2. The fourth-order valence-electron chi connectivity index (χ4n) is 3.54. The molecule has 2 rings (SSSR count). The van der Waals surface area contributed by atoms with Crippen LogP contribution in [0.3, 0.4) is 0 Å². The van der Waals surface area contributed by atoms with Crippen molar-refractivity contribution in [2.45, 2.75) is 91.9 Å². The summed E-state index contributed by atoms with van der Waals surface area (Å²) in [5.41, 5.74) is 1.30. The van der Waals surface area contributed by atoms with Crippen LogP contribution in [0.2, 0.25) is 0 Å². The van der Waals surface area contributed by atoms with E-state index in [0.717, 1.165) is 36.5 Å². The van der Waals surface area contributed by atoms with Gasteiger partial charge in [0.2, 0.25) is 0 Å². The molecule has 0 N–H and O–H groups in total. The maximum atomic E-state index is 5.87. The van der Waals surface area contributed by atoms with E-state index in [2.05, 4.69) is 37.7 Å². The van der Waals surface area contributed by atoms with Crippen LogP contribution in [0.15, 0.2) is 36.7 Å². The third kappa shape index (κ3) is 10.2. The van der Waals surface area contributed by atoms with Gasteiger partial charge in [0, 0.05) is 5.56 Å². The van der Waals surface area contributed by atoms with Gasteiger partial charge in [-0.1, -0.05) is 72.6 Å². The van der Waals surface area contributed by atoms with E-state index in [0.29, 0.717) is 17.8 Å². The van der Waals surface area contributed by atoms with E-state index in [4.69, 9.17) is 9.47 Å². The average Bonchev–Trinajstić information content (AvgIpc) is 2.78. The Bertz CT molecular complexity index is 711. The molecule has 4 heteroatoms. The van der Waals surface area contributed by atoms with Gasteiger partial charge in [0.05, 0.1) is 25.6 Å². The number of rotatable bonds is 16. The molecule has 1 aromatic carbocycles. The lowest BCUT2D eigenvalue weighted by molar-refractivity contribution is 0.213. The predicted octanol–water partition coefficient (Wildman–Crippen LogP) is 7.87. The van der Waals surface area contributed by atoms with Crippen LogP contribution in [0.25, 0.3) is 11.4 Å². The number of hydrogen-bond donors (Lipinski definition) is 0. The molecule has 0 radical (unpaired) electrons. The summed E-state index contributed by atoms with van der Waals surface area (Å²) in [4.78, 5) is 8.95. The highest BCUT2D eigenvalue weighted by atomic mass is 16.5. The fraction of sp³-hybridized carbons (Fsp3) is 0.630. The molecule has 0 saturated heterocycles. The molecule has 31 heavy (non-hydrogen) atoms. The summed E-state index contributed by atoms with van der Waals surface area (Å²) < 4.78 is 11.7. The zero-order chi connectivity index (χ0) is 22.4. The van der Waals surface area contributed by atoms with Crippen LogP contribution in [0, 0.1) is 5.41 Å². The molecule has 172 valence electrons. The SMILES string of the molecule is CCCCCCCCOc1ccc(-c2ncc(OCCC(C)(C)CCCC)cn2)cc1. The normalized spacial score (nSPS) is 11.5. The summed E-state index contributed by atoms with van der Waals surface area (Å²) in [5, 5.41) is 0. The first-order chi connectivity index (χ1) is 15.0. The second-order valence-electron chi connectivity index (χ2n) is 9.25. The Kier molecular flexibility index (Phi) is 11.4. The molecule has 0 bridgehead atoms. The third-order valence-electron chi connectivity index (χ3n) is 5.76. The quantitative estimate of drug-likeness (QED) is 0.256. The van der Waals surface area contributed by atoms with Gasteiger partial charge in [0.25, 0.3) is 0 Å². The molecular formula is C27H42N2O2. The number of unbranched alkanes of at least 4 members (excludes halogenated alkanes) is 6. The molecule has 4 nitrogen and oxygen atoms in total. The summed E-state index contributed by atoms with van der Waals surface area (Å²) in [7, 11) is 0. The standard InChI is InChI=1S/C27H42N2O2/c1-5-7-9-10-11-12-19-30-24-15-13-23(14-16-24)26-28-21-25(22-29-26)31-20-18-27(3,4)17-8-6-2/h13-16,21-22H,5-12,17-20H2,1-4H3. The molecule has 0 amide bonds. The fourth-order valence-corrected chi connectivity index (χ4v) is 3.54. The third-order valence-corrected chi connectivity index (χ3v) is 5.76. The van der Waals surface area contributed by atoms with Crippen molar-refractivity contribution in [2.24, 2.45) is 5.41 Å². The Morgan fingerprint density at radius 1 is 0.677 bits per heavy atom. The maximum Gasteiger partial charge on any atom is 0.159 e. The van der Waals surface area contributed by atoms with Gasteiger partial charge in [-0.15, -0.1) is 0 Å². The van der Waals surface area contributed by atoms with Crippen molar-refractivity contribution < 1.29 is 9.47 Å². The molecule has 0 spiro atoms. The predicted molar refractivity (Wildman–Crippen MR) is 130 cm³/mol. The highest BCUT2D eigenvalue weighted by Crippen LogP contribution is 2.27. The van der Waals surface area contributed by atoms with Gasteiger partial charge in [-0.3, -0.25) is 0 Å². The van der Waals surface area contributed by atoms with Crippen molar-refractivity contribution in [3.05, 3.63) is 36.7 Å². The molecule has 1 heterocycles. The van der Waals surface area contributed by atoms with E-state index in [1.165, 1.54) is 51.4 Å². The van der Waals surface area contributed by atoms with Crippen LogP contribution in [0.5, 0.6) is 11.5 Å². The molecule has 2 aromatic rings. The van der Waals surface area contributed by atoms with E-state index in [1.807, 2.05) is 24.3 Å². The average molecular weight is 427 g/mol. The monoisotopic (exact) mass is 426 g/mol. The second kappa shape index (κ2) is 14.1. The Labute approximate surface area is 189 Å². The highest BCUT2D eigenvalue weighted by molar-refractivity contribution is 5.56. The Morgan fingerprint density at radius 3 is 1.97 bits per heavy atom. The van der Waals surface area contributed by atoms with Gasteiger partial charge in [-0.05, 0) is 48.9 Å². The topological polar surface area (TPSA) is 44.2 Å². The van der Waals surface area contributed by atoms with E-state index < -0.39 is 0 Å². The molecule has 0 fully saturated rings. The van der Waals surface area contributed by atoms with Gasteiger partial charge in [0.1, 0.15) is 5.75 Å². The minimum Gasteiger partial charge on any atom is -0.494 e. The molecule has 0 aliphatic rings. The van der Waals surface area contributed by atoms with Gasteiger partial charge < -0.3 is 9.47 Å². The molecule has 0 saturated carbocycles. The maximum absolute atomic E-state index is 5.87. The lowest BCUT2D eigenvalue weighted by Crippen LogP contribution is -2.15. The smallest absolute Gasteiger partial charge is 0.159 e. The summed E-state index contributed by atoms with van der Waals surface area (Å²) in [5.74, 6) is 2.34. The van der Waals surface area contributed by atoms with Crippen LogP contribution in [-0.4, -0.2) is 23.2 Å². The first-order valence-corrected chi connectivity index (χ1v) is 12.2. The molecule has 0 aliphatic carbocycles. The summed E-state index contributed by atoms with van der Waals surface area (Å²) >= 11 is 0. The number of nitrogens with zero attached hydrogens (tertiary/aromatic N) is 2. The second-order valence-corrected chi connectivity index (χ2v) is 9.25. The van der Waals surface area contributed by atoms with Crippen molar-refractivity contribution in [2.75, 3.05) is 13.2 Å². The number of aromatic nitrogens is 2. The Balaban J connectivity index is 1.73. The van der Waals surface area contributed by atoms with E-state index in [1.54, 1.807) is 12.4 Å². The van der Waals surface area contributed by atoms with Crippen molar-refractivity contribution in [3.63, 3.8) is 0 Å². The van der Waals surface area contributed by atoms with Gasteiger partial charge in [-0.25, -0.2) is 9.97 Å². The van der Waals surface area contributed by atoms with Crippen molar-refractivity contribution in [3.8, 4) is 22.9 Å². The largest absolute Gasteiger partial charge is 0.494 e. The van der Waals surface area contributed by atoms with Crippen LogP contribution in [0.4, 0.5) is 0 Å². The molecule has 0 atom stereocenters. The van der Waals surface area contributed by atoms with Gasteiger partial charge in [0.15, 0.2) is 11.6 Å². The molecule has 0 aliphatic heterocycles. The minimum absolute atomic E-state index is 0.315. The van der Waals surface area contributed by atoms with Crippen LogP contribution in [0.1, 0.15) is 91.9 Å². The minimum atomic E-state index is 0.315. The Hall–Kier alpha value is -2.10.